The molecular formula is C18H21ClFN5O3. The molecular weight excluding hydrogens is 389 g/mol. The van der Waals surface area contributed by atoms with E-state index < -0.39 is 5.82 Å². The van der Waals surface area contributed by atoms with Crippen LogP contribution in [-0.2, 0) is 22.5 Å². The van der Waals surface area contributed by atoms with E-state index in [4.69, 9.17) is 21.1 Å². The standard InChI is InChI=1S/C18H21ClFN5O3/c1-27-18-23-15(22-17(24-18)25-6-8-28-9-7-25)11-21-16(26)5-3-12-2-4-14(20)13(19)10-12/h2,4,10H,3,5-9,11H2,1H3,(H,21,26). The van der Waals surface area contributed by atoms with Crippen LogP contribution in [0.15, 0.2) is 18.2 Å². The fraction of sp³-hybridized carbons (Fsp3) is 0.444. The van der Waals surface area contributed by atoms with E-state index in [1.54, 1.807) is 6.07 Å². The maximum Gasteiger partial charge on any atom is 0.321 e. The summed E-state index contributed by atoms with van der Waals surface area (Å²) in [5.41, 5.74) is 0.790. The van der Waals surface area contributed by atoms with Crippen molar-refractivity contribution in [3.05, 3.63) is 40.4 Å². The highest BCUT2D eigenvalue weighted by molar-refractivity contribution is 6.30. The highest BCUT2D eigenvalue weighted by Gasteiger charge is 2.17. The maximum absolute atomic E-state index is 13.2. The van der Waals surface area contributed by atoms with Crippen LogP contribution in [0.2, 0.25) is 5.02 Å². The molecule has 0 unspecified atom stereocenters. The average molecular weight is 410 g/mol. The molecule has 1 aromatic heterocycles. The van der Waals surface area contributed by atoms with Crippen molar-refractivity contribution in [3.63, 3.8) is 0 Å². The van der Waals surface area contributed by atoms with E-state index >= 15 is 0 Å². The zero-order chi connectivity index (χ0) is 19.9. The minimum absolute atomic E-state index is 0.0471. The largest absolute Gasteiger partial charge is 0.467 e. The van der Waals surface area contributed by atoms with Crippen molar-refractivity contribution >= 4 is 23.5 Å². The van der Waals surface area contributed by atoms with Crippen LogP contribution >= 0.6 is 11.6 Å². The molecule has 1 fully saturated rings. The average Bonchev–Trinajstić information content (AvgIpc) is 2.73. The smallest absolute Gasteiger partial charge is 0.321 e. The fourth-order valence-electron chi connectivity index (χ4n) is 2.68. The summed E-state index contributed by atoms with van der Waals surface area (Å²) in [6, 6.07) is 4.62. The summed E-state index contributed by atoms with van der Waals surface area (Å²) < 4.78 is 23.7. The molecule has 2 aromatic rings. The van der Waals surface area contributed by atoms with Crippen LogP contribution < -0.4 is 15.0 Å². The van der Waals surface area contributed by atoms with Gasteiger partial charge in [-0.25, -0.2) is 4.39 Å². The lowest BCUT2D eigenvalue weighted by Crippen LogP contribution is -2.37. The lowest BCUT2D eigenvalue weighted by Gasteiger charge is -2.26. The molecule has 2 heterocycles. The summed E-state index contributed by atoms with van der Waals surface area (Å²) in [5, 5.41) is 2.83. The number of hydrogen-bond acceptors (Lipinski definition) is 7. The number of carbonyl (C=O) groups excluding carboxylic acids is 1. The molecule has 0 spiro atoms. The van der Waals surface area contributed by atoms with Crippen LogP contribution in [0.4, 0.5) is 10.3 Å². The molecule has 0 atom stereocenters. The van der Waals surface area contributed by atoms with Gasteiger partial charge < -0.3 is 19.7 Å². The molecule has 0 radical (unpaired) electrons. The van der Waals surface area contributed by atoms with Crippen molar-refractivity contribution in [1.82, 2.24) is 20.3 Å². The quantitative estimate of drug-likeness (QED) is 0.745. The zero-order valence-electron chi connectivity index (χ0n) is 15.5. The van der Waals surface area contributed by atoms with Crippen molar-refractivity contribution in [1.29, 1.82) is 0 Å². The first-order valence-electron chi connectivity index (χ1n) is 8.87. The first kappa shape index (κ1) is 20.2. The van der Waals surface area contributed by atoms with Gasteiger partial charge in [-0.3, -0.25) is 4.79 Å². The number of aryl methyl sites for hydroxylation is 1. The van der Waals surface area contributed by atoms with Gasteiger partial charge in [-0.2, -0.15) is 15.0 Å². The molecule has 1 aliphatic heterocycles. The van der Waals surface area contributed by atoms with E-state index in [2.05, 4.69) is 20.3 Å². The number of benzene rings is 1. The van der Waals surface area contributed by atoms with Gasteiger partial charge >= 0.3 is 6.01 Å². The number of nitrogens with zero attached hydrogens (tertiary/aromatic N) is 4. The van der Waals surface area contributed by atoms with E-state index in [-0.39, 0.29) is 29.9 Å². The molecule has 28 heavy (non-hydrogen) atoms. The van der Waals surface area contributed by atoms with E-state index in [0.717, 1.165) is 5.56 Å². The summed E-state index contributed by atoms with van der Waals surface area (Å²) in [6.07, 6.45) is 0.686. The van der Waals surface area contributed by atoms with Gasteiger partial charge in [-0.15, -0.1) is 0 Å². The van der Waals surface area contributed by atoms with Crippen molar-refractivity contribution in [3.8, 4) is 6.01 Å². The summed E-state index contributed by atoms with van der Waals surface area (Å²) >= 11 is 5.76. The number of nitrogens with one attached hydrogen (secondary N) is 1. The van der Waals surface area contributed by atoms with E-state index in [9.17, 15) is 9.18 Å². The number of aromatic nitrogens is 3. The first-order chi connectivity index (χ1) is 13.5. The van der Waals surface area contributed by atoms with Gasteiger partial charge in [0.2, 0.25) is 11.9 Å². The number of halogens is 2. The van der Waals surface area contributed by atoms with Crippen molar-refractivity contribution in [2.45, 2.75) is 19.4 Å². The molecule has 1 aliphatic rings. The minimum atomic E-state index is -0.477. The molecule has 8 nitrogen and oxygen atoms in total. The molecule has 0 saturated carbocycles. The Morgan fingerprint density at radius 1 is 1.32 bits per heavy atom. The van der Waals surface area contributed by atoms with Crippen LogP contribution in [0, 0.1) is 5.82 Å². The zero-order valence-corrected chi connectivity index (χ0v) is 16.2. The Hall–Kier alpha value is -2.52. The molecule has 1 saturated heterocycles. The lowest BCUT2D eigenvalue weighted by atomic mass is 10.1. The second kappa shape index (κ2) is 9.61. The Balaban J connectivity index is 1.56. The van der Waals surface area contributed by atoms with Gasteiger partial charge in [-0.1, -0.05) is 17.7 Å². The van der Waals surface area contributed by atoms with Crippen LogP contribution in [-0.4, -0.2) is 54.3 Å². The lowest BCUT2D eigenvalue weighted by molar-refractivity contribution is -0.121. The van der Waals surface area contributed by atoms with E-state index in [0.29, 0.717) is 44.5 Å². The van der Waals surface area contributed by atoms with Crippen LogP contribution in [0.5, 0.6) is 6.01 Å². The Morgan fingerprint density at radius 2 is 2.11 bits per heavy atom. The van der Waals surface area contributed by atoms with Crippen LogP contribution in [0.1, 0.15) is 17.8 Å². The van der Waals surface area contributed by atoms with Crippen LogP contribution in [0.3, 0.4) is 0 Å². The highest BCUT2D eigenvalue weighted by Crippen LogP contribution is 2.17. The minimum Gasteiger partial charge on any atom is -0.467 e. The second-order valence-electron chi connectivity index (χ2n) is 6.16. The predicted molar refractivity (Wildman–Crippen MR) is 101 cm³/mol. The van der Waals surface area contributed by atoms with Crippen LogP contribution in [0.25, 0.3) is 0 Å². The second-order valence-corrected chi connectivity index (χ2v) is 6.57. The van der Waals surface area contributed by atoms with E-state index in [1.165, 1.54) is 19.2 Å². The number of rotatable bonds is 7. The number of methoxy groups -OCH3 is 1. The molecule has 3 rings (SSSR count). The van der Waals surface area contributed by atoms with Gasteiger partial charge in [0.05, 0.1) is 31.9 Å². The van der Waals surface area contributed by atoms with Gasteiger partial charge in [0.15, 0.2) is 5.82 Å². The van der Waals surface area contributed by atoms with Crippen molar-refractivity contribution in [2.75, 3.05) is 38.3 Å². The number of carbonyl (C=O) groups is 1. The number of ether oxygens (including phenoxy) is 2. The van der Waals surface area contributed by atoms with Gasteiger partial charge in [-0.05, 0) is 24.1 Å². The molecule has 10 heteroatoms. The van der Waals surface area contributed by atoms with Gasteiger partial charge in [0, 0.05) is 19.5 Å². The monoisotopic (exact) mass is 409 g/mol. The number of amides is 1. The number of hydrogen-bond donors (Lipinski definition) is 1. The third-order valence-electron chi connectivity index (χ3n) is 4.19. The summed E-state index contributed by atoms with van der Waals surface area (Å²) in [6.45, 7) is 2.72. The van der Waals surface area contributed by atoms with Gasteiger partial charge in [0.1, 0.15) is 5.82 Å². The highest BCUT2D eigenvalue weighted by atomic mass is 35.5. The molecule has 1 N–H and O–H groups in total. The summed E-state index contributed by atoms with van der Waals surface area (Å²) in [4.78, 5) is 27.0. The summed E-state index contributed by atoms with van der Waals surface area (Å²) in [7, 11) is 1.48. The summed E-state index contributed by atoms with van der Waals surface area (Å²) in [5.74, 6) is 0.259. The predicted octanol–water partition coefficient (Wildman–Crippen LogP) is 1.76. The molecule has 150 valence electrons. The SMILES string of the molecule is COc1nc(CNC(=O)CCc2ccc(F)c(Cl)c2)nc(N2CCOCC2)n1. The Kier molecular flexibility index (Phi) is 6.94. The molecule has 1 aromatic carbocycles. The first-order valence-corrected chi connectivity index (χ1v) is 9.25. The van der Waals surface area contributed by atoms with E-state index in [1.807, 2.05) is 4.90 Å². The Labute approximate surface area is 167 Å². The molecule has 0 bridgehead atoms. The Morgan fingerprint density at radius 3 is 2.82 bits per heavy atom. The number of morpholine rings is 1. The Bertz CT molecular complexity index is 833. The van der Waals surface area contributed by atoms with Crippen molar-refractivity contribution in [2.24, 2.45) is 0 Å². The molecule has 0 aliphatic carbocycles. The van der Waals surface area contributed by atoms with Gasteiger partial charge in [0.25, 0.3) is 0 Å². The molecule has 1 amide bonds. The maximum atomic E-state index is 13.2. The normalized spacial score (nSPS) is 14.0. The third-order valence-corrected chi connectivity index (χ3v) is 4.48. The topological polar surface area (TPSA) is 89.5 Å². The fourth-order valence-corrected chi connectivity index (χ4v) is 2.88. The number of anilines is 1. The van der Waals surface area contributed by atoms with Crippen molar-refractivity contribution < 1.29 is 18.7 Å². The third kappa shape index (κ3) is 5.49.